The molecule has 2 N–H and O–H groups in total. The number of nitrogens with two attached hydrogens (primary N) is 1. The van der Waals surface area contributed by atoms with Gasteiger partial charge < -0.3 is 10.6 Å². The van der Waals surface area contributed by atoms with Gasteiger partial charge in [-0.05, 0) is 5.56 Å². The van der Waals surface area contributed by atoms with E-state index in [0.717, 1.165) is 5.56 Å². The first-order valence-electron chi connectivity index (χ1n) is 4.76. The SMILES string of the molecule is Nc1c(C=O)ncn1OCc1ccccc1. The van der Waals surface area contributed by atoms with Crippen LogP contribution in [0.15, 0.2) is 36.7 Å². The van der Waals surface area contributed by atoms with Crippen molar-refractivity contribution in [3.63, 3.8) is 0 Å². The molecule has 2 aromatic rings. The lowest BCUT2D eigenvalue weighted by molar-refractivity contribution is 0.101. The van der Waals surface area contributed by atoms with Crippen molar-refractivity contribution >= 4 is 12.1 Å². The average Bonchev–Trinajstić information content (AvgIpc) is 2.69. The molecule has 82 valence electrons. The zero-order chi connectivity index (χ0) is 11.4. The number of rotatable bonds is 4. The first-order chi connectivity index (χ1) is 7.81. The second-order valence-corrected chi connectivity index (χ2v) is 3.22. The quantitative estimate of drug-likeness (QED) is 0.772. The Morgan fingerprint density at radius 3 is 2.75 bits per heavy atom. The summed E-state index contributed by atoms with van der Waals surface area (Å²) in [5.74, 6) is 0.214. The van der Waals surface area contributed by atoms with E-state index in [1.54, 1.807) is 0 Å². The molecular formula is C11H11N3O2. The van der Waals surface area contributed by atoms with Crippen LogP contribution in [0.2, 0.25) is 0 Å². The highest BCUT2D eigenvalue weighted by molar-refractivity contribution is 5.78. The molecule has 0 atom stereocenters. The third-order valence-electron chi connectivity index (χ3n) is 2.13. The molecule has 0 aliphatic rings. The van der Waals surface area contributed by atoms with Gasteiger partial charge in [-0.15, -0.1) is 0 Å². The van der Waals surface area contributed by atoms with Crippen molar-refractivity contribution in [2.45, 2.75) is 6.61 Å². The van der Waals surface area contributed by atoms with Gasteiger partial charge in [0.2, 0.25) is 0 Å². The van der Waals surface area contributed by atoms with E-state index in [-0.39, 0.29) is 11.5 Å². The number of benzene rings is 1. The highest BCUT2D eigenvalue weighted by atomic mass is 16.7. The summed E-state index contributed by atoms with van der Waals surface area (Å²) in [5.41, 5.74) is 6.83. The number of aromatic nitrogens is 2. The predicted octanol–water partition coefficient (Wildman–Crippen LogP) is 0.907. The maximum Gasteiger partial charge on any atom is 0.172 e. The van der Waals surface area contributed by atoms with E-state index in [2.05, 4.69) is 4.98 Å². The Bertz CT molecular complexity index is 479. The number of carbonyl (C=O) groups is 1. The van der Waals surface area contributed by atoms with Crippen LogP contribution < -0.4 is 10.6 Å². The zero-order valence-electron chi connectivity index (χ0n) is 8.54. The monoisotopic (exact) mass is 217 g/mol. The van der Waals surface area contributed by atoms with E-state index in [1.165, 1.54) is 11.1 Å². The number of hydrogen-bond acceptors (Lipinski definition) is 4. The fourth-order valence-corrected chi connectivity index (χ4v) is 1.27. The van der Waals surface area contributed by atoms with Crippen molar-refractivity contribution in [3.8, 4) is 0 Å². The summed E-state index contributed by atoms with van der Waals surface area (Å²) in [6, 6.07) is 9.65. The number of nitrogens with zero attached hydrogens (tertiary/aromatic N) is 2. The molecule has 1 aromatic heterocycles. The molecular weight excluding hydrogens is 206 g/mol. The first-order valence-corrected chi connectivity index (χ1v) is 4.76. The fraction of sp³-hybridized carbons (Fsp3) is 0.0909. The van der Waals surface area contributed by atoms with Gasteiger partial charge in [0.25, 0.3) is 0 Å². The fourth-order valence-electron chi connectivity index (χ4n) is 1.27. The van der Waals surface area contributed by atoms with Gasteiger partial charge >= 0.3 is 0 Å². The molecule has 0 radical (unpaired) electrons. The average molecular weight is 217 g/mol. The van der Waals surface area contributed by atoms with Crippen LogP contribution in [-0.2, 0) is 6.61 Å². The van der Waals surface area contributed by atoms with Crippen LogP contribution in [0.3, 0.4) is 0 Å². The van der Waals surface area contributed by atoms with Crippen LogP contribution in [0, 0.1) is 0 Å². The minimum atomic E-state index is 0.188. The van der Waals surface area contributed by atoms with E-state index >= 15 is 0 Å². The number of hydrogen-bond donors (Lipinski definition) is 1. The van der Waals surface area contributed by atoms with E-state index in [1.807, 2.05) is 30.3 Å². The molecule has 0 spiro atoms. The third kappa shape index (κ3) is 2.03. The van der Waals surface area contributed by atoms with Crippen LogP contribution in [0.5, 0.6) is 0 Å². The topological polar surface area (TPSA) is 70.1 Å². The van der Waals surface area contributed by atoms with Gasteiger partial charge in [0, 0.05) is 0 Å². The highest BCUT2D eigenvalue weighted by Crippen LogP contribution is 2.06. The van der Waals surface area contributed by atoms with Crippen LogP contribution in [0.25, 0.3) is 0 Å². The molecule has 0 bridgehead atoms. The van der Waals surface area contributed by atoms with Crippen molar-refractivity contribution < 1.29 is 9.63 Å². The number of nitrogen functional groups attached to an aromatic ring is 1. The molecule has 0 aliphatic carbocycles. The smallest absolute Gasteiger partial charge is 0.172 e. The second kappa shape index (κ2) is 4.48. The van der Waals surface area contributed by atoms with Crippen LogP contribution >= 0.6 is 0 Å². The van der Waals surface area contributed by atoms with Gasteiger partial charge in [-0.2, -0.15) is 4.73 Å². The Morgan fingerprint density at radius 2 is 2.12 bits per heavy atom. The molecule has 0 saturated heterocycles. The minimum absolute atomic E-state index is 0.188. The molecule has 0 unspecified atom stereocenters. The van der Waals surface area contributed by atoms with Gasteiger partial charge in [-0.1, -0.05) is 30.3 Å². The van der Waals surface area contributed by atoms with Crippen molar-refractivity contribution in [3.05, 3.63) is 47.9 Å². The second-order valence-electron chi connectivity index (χ2n) is 3.22. The molecule has 1 aromatic carbocycles. The van der Waals surface area contributed by atoms with Gasteiger partial charge in [0.15, 0.2) is 12.1 Å². The number of aldehydes is 1. The zero-order valence-corrected chi connectivity index (χ0v) is 8.54. The van der Waals surface area contributed by atoms with E-state index in [4.69, 9.17) is 10.6 Å². The molecule has 1 heterocycles. The van der Waals surface area contributed by atoms with Gasteiger partial charge in [0.1, 0.15) is 18.6 Å². The Morgan fingerprint density at radius 1 is 1.38 bits per heavy atom. The predicted molar refractivity (Wildman–Crippen MR) is 58.8 cm³/mol. The Labute approximate surface area is 92.4 Å². The summed E-state index contributed by atoms with van der Waals surface area (Å²) < 4.78 is 1.29. The molecule has 0 fully saturated rings. The summed E-state index contributed by atoms with van der Waals surface area (Å²) in [6.45, 7) is 0.375. The maximum absolute atomic E-state index is 10.5. The first kappa shape index (κ1) is 10.2. The van der Waals surface area contributed by atoms with Crippen molar-refractivity contribution in [2.24, 2.45) is 0 Å². The maximum atomic E-state index is 10.5. The standard InChI is InChI=1S/C11H11N3O2/c12-11-10(6-15)13-8-14(11)16-7-9-4-2-1-3-5-9/h1-6,8H,7,12H2. The summed E-state index contributed by atoms with van der Waals surface area (Å²) in [7, 11) is 0. The molecule has 0 aliphatic heterocycles. The van der Waals surface area contributed by atoms with Gasteiger partial charge in [0.05, 0.1) is 0 Å². The summed E-state index contributed by atoms with van der Waals surface area (Å²) in [6.07, 6.45) is 1.97. The summed E-state index contributed by atoms with van der Waals surface area (Å²) >= 11 is 0. The van der Waals surface area contributed by atoms with Crippen molar-refractivity contribution in [2.75, 3.05) is 5.73 Å². The summed E-state index contributed by atoms with van der Waals surface area (Å²) in [4.78, 5) is 19.7. The van der Waals surface area contributed by atoms with Crippen LogP contribution in [0.4, 0.5) is 5.82 Å². The lowest BCUT2D eigenvalue weighted by Gasteiger charge is -2.07. The lowest BCUT2D eigenvalue weighted by atomic mass is 10.2. The normalized spacial score (nSPS) is 10.0. The van der Waals surface area contributed by atoms with Gasteiger partial charge in [-0.3, -0.25) is 4.79 Å². The molecule has 16 heavy (non-hydrogen) atoms. The number of anilines is 1. The minimum Gasteiger partial charge on any atom is -0.406 e. The van der Waals surface area contributed by atoms with Gasteiger partial charge in [-0.25, -0.2) is 4.98 Å². The summed E-state index contributed by atoms with van der Waals surface area (Å²) in [5, 5.41) is 0. The highest BCUT2D eigenvalue weighted by Gasteiger charge is 2.06. The molecule has 0 amide bonds. The van der Waals surface area contributed by atoms with E-state index in [9.17, 15) is 4.79 Å². The number of imidazole rings is 1. The van der Waals surface area contributed by atoms with E-state index < -0.39 is 0 Å². The van der Waals surface area contributed by atoms with Crippen molar-refractivity contribution in [1.82, 2.24) is 9.71 Å². The Kier molecular flexibility index (Phi) is 2.86. The van der Waals surface area contributed by atoms with E-state index in [0.29, 0.717) is 12.9 Å². The van der Waals surface area contributed by atoms with Crippen LogP contribution in [0.1, 0.15) is 16.1 Å². The van der Waals surface area contributed by atoms with Crippen molar-refractivity contribution in [1.29, 1.82) is 0 Å². The third-order valence-corrected chi connectivity index (χ3v) is 2.13. The molecule has 5 nitrogen and oxygen atoms in total. The molecule has 2 rings (SSSR count). The molecule has 0 saturated carbocycles. The Balaban J connectivity index is 2.05. The molecule has 5 heteroatoms. The number of carbonyl (C=O) groups excluding carboxylic acids is 1. The largest absolute Gasteiger partial charge is 0.406 e. The lowest BCUT2D eigenvalue weighted by Crippen LogP contribution is -2.13. The van der Waals surface area contributed by atoms with Crippen LogP contribution in [-0.4, -0.2) is 16.0 Å². The Hall–Kier alpha value is -2.30.